The number of hydrogen-bond acceptors (Lipinski definition) is 8. The molecule has 4 N–H and O–H groups in total. The average Bonchev–Trinajstić information content (AvgIpc) is 2.83. The summed E-state index contributed by atoms with van der Waals surface area (Å²) >= 11 is 0. The number of ether oxygens (including phenoxy) is 1. The van der Waals surface area contributed by atoms with Crippen LogP contribution >= 0.6 is 0 Å². The van der Waals surface area contributed by atoms with Crippen molar-refractivity contribution in [3.8, 4) is 6.07 Å². The first-order valence-corrected chi connectivity index (χ1v) is 12.7. The highest BCUT2D eigenvalue weighted by molar-refractivity contribution is 7.93. The van der Waals surface area contributed by atoms with Crippen LogP contribution in [0.2, 0.25) is 0 Å². The Balaban J connectivity index is 1.79. The quantitative estimate of drug-likeness (QED) is 0.407. The first-order valence-electron chi connectivity index (χ1n) is 11.2. The number of benzene rings is 2. The van der Waals surface area contributed by atoms with Gasteiger partial charge in [0.25, 0.3) is 10.0 Å². The third-order valence-corrected chi connectivity index (χ3v) is 7.43. The summed E-state index contributed by atoms with van der Waals surface area (Å²) < 4.78 is 33.1. The van der Waals surface area contributed by atoms with E-state index in [1.54, 1.807) is 12.1 Å². The Hall–Kier alpha value is -2.52. The second kappa shape index (κ2) is 10.8. The van der Waals surface area contributed by atoms with Crippen molar-refractivity contribution >= 4 is 32.6 Å². The Labute approximate surface area is 199 Å². The molecular formula is C24H31N3O6S. The highest BCUT2D eigenvalue weighted by atomic mass is 32.2. The van der Waals surface area contributed by atoms with E-state index in [1.165, 1.54) is 13.0 Å². The van der Waals surface area contributed by atoms with Crippen molar-refractivity contribution in [2.45, 2.75) is 51.3 Å². The molecule has 1 aliphatic rings. The molecule has 1 saturated heterocycles. The maximum absolute atomic E-state index is 12.7. The lowest BCUT2D eigenvalue weighted by molar-refractivity contribution is -0.214. The highest BCUT2D eigenvalue weighted by Crippen LogP contribution is 2.25. The standard InChI is InChI=1S/C24H31N3O6S/c1-4-27(5-2)19-9-8-17-10-16(6-7-18(17)12-19)11-20(13-25)34(31,32)26-14-21-23(29)24(30)22(28)15(3)33-21/h6-12,15,21-24,26,28-30H,4-5,14H2,1-3H3/b20-11+/t15?,21-,22+,23-,24-/m1/s1. The van der Waals surface area contributed by atoms with E-state index < -0.39 is 45.4 Å². The third-order valence-electron chi connectivity index (χ3n) is 6.10. The van der Waals surface area contributed by atoms with E-state index in [4.69, 9.17) is 4.74 Å². The van der Waals surface area contributed by atoms with Gasteiger partial charge in [-0.2, -0.15) is 5.26 Å². The molecule has 0 amide bonds. The molecule has 9 nitrogen and oxygen atoms in total. The molecule has 3 rings (SSSR count). The minimum atomic E-state index is -4.21. The van der Waals surface area contributed by atoms with Crippen LogP contribution in [0.3, 0.4) is 0 Å². The molecule has 0 aliphatic carbocycles. The zero-order valence-electron chi connectivity index (χ0n) is 19.4. The number of fused-ring (bicyclic) bond motifs is 1. The Morgan fingerprint density at radius 2 is 1.74 bits per heavy atom. The molecule has 0 saturated carbocycles. The van der Waals surface area contributed by atoms with Crippen LogP contribution in [0.1, 0.15) is 26.3 Å². The minimum Gasteiger partial charge on any atom is -0.388 e. The molecule has 10 heteroatoms. The van der Waals surface area contributed by atoms with Gasteiger partial charge in [0.15, 0.2) is 4.91 Å². The lowest BCUT2D eigenvalue weighted by Crippen LogP contribution is -2.59. The van der Waals surface area contributed by atoms with Gasteiger partial charge in [-0.1, -0.05) is 18.2 Å². The lowest BCUT2D eigenvalue weighted by atomic mass is 9.96. The van der Waals surface area contributed by atoms with E-state index in [1.807, 2.05) is 24.3 Å². The van der Waals surface area contributed by atoms with E-state index in [0.717, 1.165) is 29.5 Å². The van der Waals surface area contributed by atoms with E-state index in [0.29, 0.717) is 5.56 Å². The zero-order valence-corrected chi connectivity index (χ0v) is 20.2. The van der Waals surface area contributed by atoms with Crippen LogP contribution in [-0.4, -0.2) is 73.9 Å². The smallest absolute Gasteiger partial charge is 0.250 e. The van der Waals surface area contributed by atoms with Gasteiger partial charge in [-0.15, -0.1) is 0 Å². The normalized spacial score (nSPS) is 25.8. The molecule has 184 valence electrons. The molecular weight excluding hydrogens is 458 g/mol. The molecule has 0 spiro atoms. The summed E-state index contributed by atoms with van der Waals surface area (Å²) in [5, 5.41) is 41.2. The van der Waals surface area contributed by atoms with Crippen LogP contribution < -0.4 is 9.62 Å². The number of anilines is 1. The first kappa shape index (κ1) is 26.1. The Morgan fingerprint density at radius 1 is 1.09 bits per heavy atom. The lowest BCUT2D eigenvalue weighted by Gasteiger charge is -2.39. The van der Waals surface area contributed by atoms with Gasteiger partial charge in [-0.25, -0.2) is 13.1 Å². The van der Waals surface area contributed by atoms with Crippen molar-refractivity contribution in [3.05, 3.63) is 46.9 Å². The predicted molar refractivity (Wildman–Crippen MR) is 130 cm³/mol. The molecule has 2 aromatic rings. The highest BCUT2D eigenvalue weighted by Gasteiger charge is 2.42. The fourth-order valence-corrected chi connectivity index (χ4v) is 4.97. The number of hydrogen-bond donors (Lipinski definition) is 4. The number of sulfonamides is 1. The number of allylic oxidation sites excluding steroid dienone is 1. The van der Waals surface area contributed by atoms with E-state index >= 15 is 0 Å². The summed E-state index contributed by atoms with van der Waals surface area (Å²) in [6.45, 7) is 7.09. The van der Waals surface area contributed by atoms with Gasteiger partial charge >= 0.3 is 0 Å². The predicted octanol–water partition coefficient (Wildman–Crippen LogP) is 1.34. The molecule has 5 atom stereocenters. The number of rotatable bonds is 8. The van der Waals surface area contributed by atoms with Crippen molar-refractivity contribution in [1.82, 2.24) is 4.72 Å². The van der Waals surface area contributed by atoms with E-state index in [9.17, 15) is 29.0 Å². The third kappa shape index (κ3) is 5.58. The first-order chi connectivity index (χ1) is 16.1. The molecule has 1 heterocycles. The zero-order chi connectivity index (χ0) is 25.0. The topological polar surface area (TPSA) is 143 Å². The van der Waals surface area contributed by atoms with Gasteiger partial charge in [0.2, 0.25) is 0 Å². The van der Waals surface area contributed by atoms with Gasteiger partial charge in [0, 0.05) is 25.3 Å². The number of nitrogens with zero attached hydrogens (tertiary/aromatic N) is 2. The number of nitriles is 1. The molecule has 0 bridgehead atoms. The summed E-state index contributed by atoms with van der Waals surface area (Å²) in [5.74, 6) is 0. The Kier molecular flexibility index (Phi) is 8.30. The van der Waals surface area contributed by atoms with Crippen LogP contribution in [0, 0.1) is 11.3 Å². The second-order valence-electron chi connectivity index (χ2n) is 8.29. The molecule has 0 radical (unpaired) electrons. The van der Waals surface area contributed by atoms with Crippen molar-refractivity contribution in [2.24, 2.45) is 0 Å². The molecule has 2 aromatic carbocycles. The van der Waals surface area contributed by atoms with Crippen LogP contribution in [-0.2, 0) is 14.8 Å². The summed E-state index contributed by atoms with van der Waals surface area (Å²) in [4.78, 5) is 1.73. The summed E-state index contributed by atoms with van der Waals surface area (Å²) in [5.41, 5.74) is 1.65. The van der Waals surface area contributed by atoms with Gasteiger partial charge in [0.05, 0.1) is 6.10 Å². The fourth-order valence-electron chi connectivity index (χ4n) is 4.02. The van der Waals surface area contributed by atoms with E-state index in [2.05, 4.69) is 29.5 Å². The number of nitrogens with one attached hydrogen (secondary N) is 1. The van der Waals surface area contributed by atoms with Crippen LogP contribution in [0.15, 0.2) is 41.3 Å². The second-order valence-corrected chi connectivity index (χ2v) is 10.0. The van der Waals surface area contributed by atoms with Crippen molar-refractivity contribution in [3.63, 3.8) is 0 Å². The summed E-state index contributed by atoms with van der Waals surface area (Å²) in [6, 6.07) is 13.2. The molecule has 0 aromatic heterocycles. The fraction of sp³-hybridized carbons (Fsp3) is 0.458. The van der Waals surface area contributed by atoms with Gasteiger partial charge in [0.1, 0.15) is 30.5 Å². The average molecular weight is 490 g/mol. The van der Waals surface area contributed by atoms with Gasteiger partial charge in [-0.05, 0) is 61.4 Å². The SMILES string of the molecule is CCN(CC)c1ccc2cc(/C=C(\C#N)S(=O)(=O)NC[C@H]3OC(C)[C@H](O)[C@@H](O)[C@@H]3O)ccc2c1. The molecule has 1 unspecified atom stereocenters. The molecule has 1 fully saturated rings. The van der Waals surface area contributed by atoms with Crippen molar-refractivity contribution < 1.29 is 28.5 Å². The number of aliphatic hydroxyl groups is 3. The number of aliphatic hydroxyl groups excluding tert-OH is 3. The Bertz CT molecular complexity index is 1190. The Morgan fingerprint density at radius 3 is 2.38 bits per heavy atom. The van der Waals surface area contributed by atoms with Gasteiger partial charge in [-0.3, -0.25) is 0 Å². The van der Waals surface area contributed by atoms with Crippen LogP contribution in [0.4, 0.5) is 5.69 Å². The maximum atomic E-state index is 12.7. The molecule has 1 aliphatic heterocycles. The van der Waals surface area contributed by atoms with Crippen LogP contribution in [0.25, 0.3) is 16.8 Å². The summed E-state index contributed by atoms with van der Waals surface area (Å²) in [7, 11) is -4.21. The monoisotopic (exact) mass is 489 g/mol. The van der Waals surface area contributed by atoms with Gasteiger partial charge < -0.3 is 25.0 Å². The molecule has 34 heavy (non-hydrogen) atoms. The largest absolute Gasteiger partial charge is 0.388 e. The van der Waals surface area contributed by atoms with Crippen molar-refractivity contribution in [1.29, 1.82) is 5.26 Å². The minimum absolute atomic E-state index is 0.373. The summed E-state index contributed by atoms with van der Waals surface area (Å²) in [6.07, 6.45) is -4.83. The van der Waals surface area contributed by atoms with E-state index in [-0.39, 0.29) is 6.54 Å². The van der Waals surface area contributed by atoms with Crippen molar-refractivity contribution in [2.75, 3.05) is 24.5 Å². The maximum Gasteiger partial charge on any atom is 0.250 e. The van der Waals surface area contributed by atoms with Crippen LogP contribution in [0.5, 0.6) is 0 Å².